The van der Waals surface area contributed by atoms with Gasteiger partial charge in [-0.05, 0) is 0 Å². The molecule has 0 spiro atoms. The first-order chi connectivity index (χ1) is 13.4. The molecule has 3 aromatic heterocycles. The zero-order chi connectivity index (χ0) is 18.3. The number of rotatable bonds is 4. The maximum atomic E-state index is 2.31. The molecule has 5 rings (SSSR count). The Morgan fingerprint density at radius 2 is 1.64 bits per heavy atom. The van der Waals surface area contributed by atoms with Crippen LogP contribution < -0.4 is 0 Å². The number of hydrogen-bond acceptors (Lipinski definition) is 0. The molecule has 28 heavy (non-hydrogen) atoms. The third kappa shape index (κ3) is 5.32. The Morgan fingerprint density at radius 3 is 2.25 bits per heavy atom. The van der Waals surface area contributed by atoms with Gasteiger partial charge in [-0.15, -0.1) is 12.1 Å². The third-order valence-electron chi connectivity index (χ3n) is 3.97. The van der Waals surface area contributed by atoms with Crippen LogP contribution in [0, 0.1) is 6.42 Å². The van der Waals surface area contributed by atoms with E-state index < -0.39 is 0 Å². The van der Waals surface area contributed by atoms with Crippen molar-refractivity contribution in [3.63, 3.8) is 0 Å². The van der Waals surface area contributed by atoms with Crippen LogP contribution in [0.3, 0.4) is 0 Å². The maximum absolute atomic E-state index is 2.31. The van der Waals surface area contributed by atoms with Crippen molar-refractivity contribution >= 4 is 34.0 Å². The largest absolute Gasteiger partial charge is 2.00 e. The first-order valence-corrected chi connectivity index (χ1v) is 11.3. The van der Waals surface area contributed by atoms with Gasteiger partial charge in [0.05, 0.1) is 33.4 Å². The van der Waals surface area contributed by atoms with Gasteiger partial charge in [-0.3, -0.25) is 0 Å². The molecule has 0 N–H and O–H groups in total. The van der Waals surface area contributed by atoms with Crippen LogP contribution in [0.5, 0.6) is 0 Å². The van der Waals surface area contributed by atoms with Crippen LogP contribution >= 0.6 is 34.0 Å². The summed E-state index contributed by atoms with van der Waals surface area (Å²) in [6, 6.07) is 20.9. The van der Waals surface area contributed by atoms with Crippen molar-refractivity contribution in [3.05, 3.63) is 119 Å². The molecular formula is C24H18FeS3. The van der Waals surface area contributed by atoms with Crippen LogP contribution in [0.15, 0.2) is 107 Å². The third-order valence-corrected chi connectivity index (χ3v) is 7.24. The molecule has 0 radical (unpaired) electrons. The summed E-state index contributed by atoms with van der Waals surface area (Å²) >= 11 is 5.49. The van der Waals surface area contributed by atoms with Crippen molar-refractivity contribution in [1.29, 1.82) is 0 Å². The Hall–Kier alpha value is -1.94. The predicted molar refractivity (Wildman–Crippen MR) is 123 cm³/mol. The summed E-state index contributed by atoms with van der Waals surface area (Å²) < 4.78 is 0. The van der Waals surface area contributed by atoms with Gasteiger partial charge in [-0.25, -0.2) is 12.1 Å². The predicted octanol–water partition coefficient (Wildman–Crippen LogP) is 8.21. The van der Waals surface area contributed by atoms with Gasteiger partial charge in [0, 0.05) is 0 Å². The molecule has 0 amide bonds. The van der Waals surface area contributed by atoms with Crippen LogP contribution in [-0.4, -0.2) is 0 Å². The molecule has 0 nitrogen and oxygen atoms in total. The Kier molecular flexibility index (Phi) is 7.84. The normalized spacial score (nSPS) is 11.6. The van der Waals surface area contributed by atoms with Gasteiger partial charge >= 0.3 is 17.1 Å². The zero-order valence-corrected chi connectivity index (χ0v) is 18.5. The molecule has 0 bridgehead atoms. The molecule has 140 valence electrons. The Balaban J connectivity index is 0.000000329. The molecule has 0 unspecified atom stereocenters. The van der Waals surface area contributed by atoms with E-state index in [9.17, 15) is 0 Å². The number of allylic oxidation sites excluding steroid dienone is 6. The van der Waals surface area contributed by atoms with Gasteiger partial charge in [0.1, 0.15) is 26.0 Å². The molecule has 0 fully saturated rings. The molecule has 4 heteroatoms. The van der Waals surface area contributed by atoms with E-state index in [1.54, 1.807) is 22.7 Å². The van der Waals surface area contributed by atoms with Crippen LogP contribution in [0.4, 0.5) is 0 Å². The molecule has 3 heterocycles. The minimum Gasteiger partial charge on any atom is -0.214 e. The second-order valence-corrected chi connectivity index (χ2v) is 8.81. The first-order valence-electron chi connectivity index (χ1n) is 8.68. The summed E-state index contributed by atoms with van der Waals surface area (Å²) in [5.41, 5.74) is 2.55. The molecular weight excluding hydrogens is 440 g/mol. The summed E-state index contributed by atoms with van der Waals surface area (Å²) in [5.74, 6) is 0. The number of hydrogen-bond donors (Lipinski definition) is 0. The molecule has 1 aromatic carbocycles. The average Bonchev–Trinajstić information content (AvgIpc) is 3.50. The van der Waals surface area contributed by atoms with E-state index in [1.807, 2.05) is 41.7 Å². The van der Waals surface area contributed by atoms with Crippen molar-refractivity contribution < 1.29 is 17.1 Å². The van der Waals surface area contributed by atoms with Gasteiger partial charge in [0.25, 0.3) is 0 Å². The fourth-order valence-electron chi connectivity index (χ4n) is 2.68. The monoisotopic (exact) mass is 458 g/mol. The molecule has 1 aliphatic carbocycles. The van der Waals surface area contributed by atoms with E-state index in [0.717, 1.165) is 0 Å². The molecule has 0 aliphatic heterocycles. The van der Waals surface area contributed by atoms with E-state index in [4.69, 9.17) is 0 Å². The van der Waals surface area contributed by atoms with Crippen LogP contribution in [0.25, 0.3) is 19.5 Å². The summed E-state index contributed by atoms with van der Waals surface area (Å²) in [6.45, 7) is 0. The van der Waals surface area contributed by atoms with Gasteiger partial charge in [0.15, 0.2) is 4.88 Å². The van der Waals surface area contributed by atoms with E-state index in [-0.39, 0.29) is 17.1 Å². The fraction of sp³-hybridized carbons (Fsp3) is 0. The number of thiophene rings is 3. The summed E-state index contributed by atoms with van der Waals surface area (Å²) in [6.07, 6.45) is 12.8. The Bertz CT molecular complexity index is 997. The van der Waals surface area contributed by atoms with Crippen LogP contribution in [0.1, 0.15) is 5.56 Å². The van der Waals surface area contributed by atoms with Crippen LogP contribution in [0.2, 0.25) is 0 Å². The van der Waals surface area contributed by atoms with E-state index in [2.05, 4.69) is 77.9 Å². The minimum atomic E-state index is 0. The molecule has 0 atom stereocenters. The molecule has 0 saturated heterocycles. The smallest absolute Gasteiger partial charge is 0.214 e. The van der Waals surface area contributed by atoms with Crippen LogP contribution in [-0.2, 0) is 17.1 Å². The Morgan fingerprint density at radius 1 is 0.893 bits per heavy atom. The maximum Gasteiger partial charge on any atom is 2.00 e. The van der Waals surface area contributed by atoms with Gasteiger partial charge in [0.2, 0.25) is 0 Å². The van der Waals surface area contributed by atoms with Gasteiger partial charge in [-0.1, -0.05) is 35.9 Å². The van der Waals surface area contributed by atoms with Gasteiger partial charge in [-0.2, -0.15) is 48.4 Å². The topological polar surface area (TPSA) is 0 Å². The minimum absolute atomic E-state index is 0. The van der Waals surface area contributed by atoms with Crippen molar-refractivity contribution in [2.45, 2.75) is 0 Å². The summed E-state index contributed by atoms with van der Waals surface area (Å²) in [7, 11) is 0. The second kappa shape index (κ2) is 10.6. The van der Waals surface area contributed by atoms with E-state index in [0.29, 0.717) is 0 Å². The Labute approximate surface area is 189 Å². The van der Waals surface area contributed by atoms with E-state index >= 15 is 0 Å². The molecule has 0 saturated carbocycles. The zero-order valence-electron chi connectivity index (χ0n) is 15.0. The standard InChI is InChI=1S/C19H13S3.C5H5.Fe/c1-2-6-14(5-1)9-10-15-13-18(16-7-3-11-20-16)22-19(15)17-8-4-12-21-17;1-2-4-5-3-1;/h1-13H;1-5H;/q2*-1;+2. The molecule has 1 aliphatic rings. The van der Waals surface area contributed by atoms with Gasteiger partial charge < -0.3 is 0 Å². The second-order valence-electron chi connectivity index (χ2n) is 5.86. The quantitative estimate of drug-likeness (QED) is 0.164. The molecule has 4 aromatic rings. The average molecular weight is 458 g/mol. The fourth-order valence-corrected chi connectivity index (χ4v) is 5.52. The summed E-state index contributed by atoms with van der Waals surface area (Å²) in [4.78, 5) is 5.40. The SMILES string of the molecule is C1=CC(=C[CH-]c2c[c-](-[c-]3ccc[s+]3)[s+]c2-[c-]2ccc[s+]2)C=C1.[Fe+2].c1cc[cH-]c1. The first kappa shape index (κ1) is 20.8. The van der Waals surface area contributed by atoms with Crippen molar-refractivity contribution in [2.75, 3.05) is 0 Å². The van der Waals surface area contributed by atoms with Crippen molar-refractivity contribution in [1.82, 2.24) is 0 Å². The van der Waals surface area contributed by atoms with E-state index in [1.165, 1.54) is 30.6 Å². The van der Waals surface area contributed by atoms with Crippen molar-refractivity contribution in [2.24, 2.45) is 0 Å². The summed E-state index contributed by atoms with van der Waals surface area (Å²) in [5, 5.41) is 4.28. The van der Waals surface area contributed by atoms with Crippen molar-refractivity contribution in [3.8, 4) is 19.5 Å².